The van der Waals surface area contributed by atoms with E-state index in [1.54, 1.807) is 15.4 Å². The fourth-order valence-corrected chi connectivity index (χ4v) is 2.61. The molecule has 1 aromatic heterocycles. The molecule has 5 N–H and O–H groups in total. The molecule has 0 saturated carbocycles. The number of hydrogen-bond donors (Lipinski definition) is 3. The van der Waals surface area contributed by atoms with E-state index in [1.165, 1.54) is 6.07 Å². The van der Waals surface area contributed by atoms with Gasteiger partial charge in [-0.05, 0) is 50.1 Å². The molecule has 7 nitrogen and oxygen atoms in total. The van der Waals surface area contributed by atoms with E-state index < -0.39 is 5.97 Å². The zero-order chi connectivity index (χ0) is 20.3. The first-order valence-corrected chi connectivity index (χ1v) is 8.35. The summed E-state index contributed by atoms with van der Waals surface area (Å²) in [5.41, 5.74) is 15.4. The monoisotopic (exact) mass is 368 g/mol. The molecule has 0 radical (unpaired) electrons. The quantitative estimate of drug-likeness (QED) is 0.601. The summed E-state index contributed by atoms with van der Waals surface area (Å²) >= 11 is 0. The highest BCUT2D eigenvalue weighted by atomic mass is 16.4. The van der Waals surface area contributed by atoms with E-state index in [9.17, 15) is 9.59 Å². The van der Waals surface area contributed by atoms with Crippen LogP contribution < -0.4 is 17.0 Å². The Kier molecular flexibility index (Phi) is 5.75. The topological polar surface area (TPSA) is 116 Å². The van der Waals surface area contributed by atoms with Gasteiger partial charge in [-0.1, -0.05) is 24.3 Å². The lowest BCUT2D eigenvalue weighted by atomic mass is 10.0. The van der Waals surface area contributed by atoms with Crippen molar-refractivity contribution in [1.29, 1.82) is 0 Å². The third kappa shape index (κ3) is 3.87. The van der Waals surface area contributed by atoms with Gasteiger partial charge in [-0.25, -0.2) is 9.48 Å². The van der Waals surface area contributed by atoms with Gasteiger partial charge in [0.1, 0.15) is 5.69 Å². The number of rotatable bonds is 2. The Morgan fingerprint density at radius 2 is 1.56 bits per heavy atom. The molecule has 142 valence electrons. The summed E-state index contributed by atoms with van der Waals surface area (Å²) in [6.07, 6.45) is 0. The van der Waals surface area contributed by atoms with Crippen molar-refractivity contribution in [2.75, 3.05) is 11.5 Å². The van der Waals surface area contributed by atoms with Gasteiger partial charge in [0.15, 0.2) is 0 Å². The van der Waals surface area contributed by atoms with Gasteiger partial charge in [0.05, 0.1) is 16.9 Å². The van der Waals surface area contributed by atoms with Crippen LogP contribution >= 0.6 is 0 Å². The number of nitrogens with two attached hydrogens (primary N) is 2. The van der Waals surface area contributed by atoms with Crippen LogP contribution in [0.1, 0.15) is 27.2 Å². The van der Waals surface area contributed by atoms with Crippen LogP contribution in [0.25, 0.3) is 5.69 Å². The Hall–Kier alpha value is -3.48. The molecule has 0 atom stereocenters. The Labute approximate surface area is 157 Å². The minimum Gasteiger partial charge on any atom is -0.478 e. The fourth-order valence-electron chi connectivity index (χ4n) is 2.61. The Morgan fingerprint density at radius 3 is 2.04 bits per heavy atom. The van der Waals surface area contributed by atoms with Gasteiger partial charge in [0.25, 0.3) is 5.56 Å². The number of carboxylic acid groups (broad SMARTS) is 1. The van der Waals surface area contributed by atoms with Crippen molar-refractivity contribution in [3.63, 3.8) is 0 Å². The van der Waals surface area contributed by atoms with Crippen molar-refractivity contribution in [3.8, 4) is 5.69 Å². The number of nitrogens with zero attached hydrogens (tertiary/aromatic N) is 2. The zero-order valence-electron chi connectivity index (χ0n) is 15.9. The first-order valence-electron chi connectivity index (χ1n) is 8.35. The summed E-state index contributed by atoms with van der Waals surface area (Å²) in [5, 5.41) is 8.70. The average molecular weight is 368 g/mol. The van der Waals surface area contributed by atoms with E-state index >= 15 is 0 Å². The first-order chi connectivity index (χ1) is 12.7. The standard InChI is InChI=1S/C11H13N3O.C9H11NO2/c1-8-10(12)11(15)14(13(8)2)9-6-4-3-5-7-9;1-5-3-4-7(9(11)12)8(10)6(5)2/h3-7H,12H2,1-2H3;3-4H,10H2,1-2H3,(H,11,12). The predicted molar refractivity (Wildman–Crippen MR) is 107 cm³/mol. The van der Waals surface area contributed by atoms with Crippen LogP contribution in [0.15, 0.2) is 47.3 Å². The molecular weight excluding hydrogens is 344 g/mol. The molecule has 0 aliphatic carbocycles. The molecular formula is C20H24N4O3. The molecule has 3 rings (SSSR count). The minimum atomic E-state index is -0.976. The first kappa shape index (κ1) is 19.8. The molecule has 0 saturated heterocycles. The number of aryl methyl sites for hydroxylation is 1. The van der Waals surface area contributed by atoms with Crippen LogP contribution in [0.2, 0.25) is 0 Å². The number of nitrogen functional groups attached to an aromatic ring is 2. The lowest BCUT2D eigenvalue weighted by molar-refractivity contribution is 0.0698. The number of hydrogen-bond acceptors (Lipinski definition) is 4. The summed E-state index contributed by atoms with van der Waals surface area (Å²) in [6, 6.07) is 12.7. The van der Waals surface area contributed by atoms with E-state index in [4.69, 9.17) is 16.6 Å². The number of aromatic carboxylic acids is 1. The SMILES string of the molecule is Cc1c(N)c(=O)n(-c2ccccc2)n1C.Cc1ccc(C(=O)O)c(N)c1C. The highest BCUT2D eigenvalue weighted by molar-refractivity contribution is 5.94. The van der Waals surface area contributed by atoms with Crippen LogP contribution in [-0.4, -0.2) is 20.4 Å². The van der Waals surface area contributed by atoms with Crippen molar-refractivity contribution in [1.82, 2.24) is 9.36 Å². The maximum absolute atomic E-state index is 11.8. The molecule has 3 aromatic rings. The number of carboxylic acids is 1. The van der Waals surface area contributed by atoms with Crippen LogP contribution in [-0.2, 0) is 7.05 Å². The smallest absolute Gasteiger partial charge is 0.337 e. The molecule has 0 aliphatic heterocycles. The van der Waals surface area contributed by atoms with E-state index in [2.05, 4.69) is 0 Å². The largest absolute Gasteiger partial charge is 0.478 e. The van der Waals surface area contributed by atoms with E-state index in [0.29, 0.717) is 11.4 Å². The van der Waals surface area contributed by atoms with Crippen LogP contribution in [0.5, 0.6) is 0 Å². The number of carbonyl (C=O) groups is 1. The minimum absolute atomic E-state index is 0.166. The van der Waals surface area contributed by atoms with Gasteiger partial charge < -0.3 is 16.6 Å². The second-order valence-corrected chi connectivity index (χ2v) is 6.25. The van der Waals surface area contributed by atoms with Crippen LogP contribution in [0, 0.1) is 20.8 Å². The molecule has 2 aromatic carbocycles. The lowest BCUT2D eigenvalue weighted by Gasteiger charge is -2.07. The van der Waals surface area contributed by atoms with Crippen LogP contribution in [0.3, 0.4) is 0 Å². The number of anilines is 2. The highest BCUT2D eigenvalue weighted by Crippen LogP contribution is 2.20. The molecule has 0 fully saturated rings. The summed E-state index contributed by atoms with van der Waals surface area (Å²) in [5.74, 6) is -0.976. The number of benzene rings is 2. The van der Waals surface area contributed by atoms with Gasteiger partial charge >= 0.3 is 5.97 Å². The van der Waals surface area contributed by atoms with Crippen LogP contribution in [0.4, 0.5) is 11.4 Å². The predicted octanol–water partition coefficient (Wildman–Crippen LogP) is 2.65. The van der Waals surface area contributed by atoms with Crippen molar-refractivity contribution in [3.05, 3.63) is 75.2 Å². The van der Waals surface area contributed by atoms with Gasteiger partial charge in [-0.3, -0.25) is 9.48 Å². The molecule has 27 heavy (non-hydrogen) atoms. The van der Waals surface area contributed by atoms with E-state index in [0.717, 1.165) is 22.5 Å². The van der Waals surface area contributed by atoms with Gasteiger partial charge in [-0.2, -0.15) is 0 Å². The number of aromatic nitrogens is 2. The van der Waals surface area contributed by atoms with Crippen molar-refractivity contribution < 1.29 is 9.90 Å². The third-order valence-corrected chi connectivity index (χ3v) is 4.61. The third-order valence-electron chi connectivity index (χ3n) is 4.61. The normalized spacial score (nSPS) is 10.2. The van der Waals surface area contributed by atoms with E-state index in [-0.39, 0.29) is 11.1 Å². The van der Waals surface area contributed by atoms with Gasteiger partial charge in [-0.15, -0.1) is 0 Å². The Morgan fingerprint density at radius 1 is 0.963 bits per heavy atom. The van der Waals surface area contributed by atoms with Crippen molar-refractivity contribution in [2.45, 2.75) is 20.8 Å². The summed E-state index contributed by atoms with van der Waals surface area (Å²) in [6.45, 7) is 5.55. The summed E-state index contributed by atoms with van der Waals surface area (Å²) in [4.78, 5) is 22.4. The van der Waals surface area contributed by atoms with E-state index in [1.807, 2.05) is 58.2 Å². The molecule has 7 heteroatoms. The Balaban J connectivity index is 0.000000199. The fraction of sp³-hybridized carbons (Fsp3) is 0.200. The maximum atomic E-state index is 11.8. The molecule has 0 unspecified atom stereocenters. The highest BCUT2D eigenvalue weighted by Gasteiger charge is 2.12. The maximum Gasteiger partial charge on any atom is 0.337 e. The lowest BCUT2D eigenvalue weighted by Crippen LogP contribution is -2.20. The summed E-state index contributed by atoms with van der Waals surface area (Å²) < 4.78 is 3.32. The molecule has 0 amide bonds. The molecule has 0 spiro atoms. The van der Waals surface area contributed by atoms with Crippen molar-refractivity contribution in [2.24, 2.45) is 7.05 Å². The van der Waals surface area contributed by atoms with Crippen molar-refractivity contribution >= 4 is 17.3 Å². The van der Waals surface area contributed by atoms with Gasteiger partial charge in [0, 0.05) is 12.7 Å². The average Bonchev–Trinajstić information content (AvgIpc) is 2.84. The second-order valence-electron chi connectivity index (χ2n) is 6.25. The second kappa shape index (κ2) is 7.82. The molecule has 0 aliphatic rings. The van der Waals surface area contributed by atoms with Gasteiger partial charge in [0.2, 0.25) is 0 Å². The molecule has 1 heterocycles. The molecule has 0 bridgehead atoms. The zero-order valence-corrected chi connectivity index (χ0v) is 15.9. The Bertz CT molecular complexity index is 1030. The summed E-state index contributed by atoms with van der Waals surface area (Å²) in [7, 11) is 1.82. The number of para-hydroxylation sites is 1.